The lowest BCUT2D eigenvalue weighted by Crippen LogP contribution is -2.18. The molecule has 8 N–H and O–H groups in total. The first-order valence-electron chi connectivity index (χ1n) is 1.56. The summed E-state index contributed by atoms with van der Waals surface area (Å²) < 4.78 is 0. The molecule has 0 saturated carbocycles. The molecule has 48 valence electrons. The van der Waals surface area contributed by atoms with Crippen molar-refractivity contribution in [2.24, 2.45) is 22.9 Å². The van der Waals surface area contributed by atoms with E-state index in [9.17, 15) is 0 Å². The van der Waals surface area contributed by atoms with E-state index in [0.717, 1.165) is 0 Å². The van der Waals surface area contributed by atoms with Crippen LogP contribution in [-0.4, -0.2) is 10.2 Å². The fourth-order valence-electron chi connectivity index (χ4n) is 0. The number of rotatable bonds is 0. The van der Waals surface area contributed by atoms with Crippen molar-refractivity contribution in [3.63, 3.8) is 0 Å². The molecule has 0 radical (unpaired) electrons. The molecule has 6 heteroatoms. The second kappa shape index (κ2) is 6.38. The first-order chi connectivity index (χ1) is 3.46. The second-order valence-corrected chi connectivity index (χ2v) is 1.75. The van der Waals surface area contributed by atoms with Crippen LogP contribution < -0.4 is 22.9 Å². The van der Waals surface area contributed by atoms with Crippen molar-refractivity contribution >= 4 is 34.7 Å². The van der Waals surface area contributed by atoms with Gasteiger partial charge < -0.3 is 22.9 Å². The fourth-order valence-corrected chi connectivity index (χ4v) is 0. The molecule has 0 atom stereocenters. The van der Waals surface area contributed by atoms with Crippen LogP contribution in [0.4, 0.5) is 0 Å². The molecule has 8 heavy (non-hydrogen) atoms. The molecule has 0 aliphatic heterocycles. The predicted octanol–water partition coefficient (Wildman–Crippen LogP) is -1.51. The number of nitrogens with two attached hydrogens (primary N) is 4. The van der Waals surface area contributed by atoms with E-state index in [1.165, 1.54) is 0 Å². The van der Waals surface area contributed by atoms with Gasteiger partial charge in [-0.1, -0.05) is 0 Å². The summed E-state index contributed by atoms with van der Waals surface area (Å²) >= 11 is 8.19. The van der Waals surface area contributed by atoms with E-state index in [4.69, 9.17) is 0 Å². The minimum atomic E-state index is 0. The lowest BCUT2D eigenvalue weighted by Gasteiger charge is -1.68. The Labute approximate surface area is 59.7 Å². The van der Waals surface area contributed by atoms with Crippen LogP contribution >= 0.6 is 24.4 Å². The molecule has 0 aromatic rings. The van der Waals surface area contributed by atoms with Gasteiger partial charge in [0.25, 0.3) is 0 Å². The number of hydrogen-bond acceptors (Lipinski definition) is 2. The maximum atomic E-state index is 4.62. The third kappa shape index (κ3) is 269. The van der Waals surface area contributed by atoms with Crippen LogP contribution in [-0.2, 0) is 0 Å². The summed E-state index contributed by atoms with van der Waals surface area (Å²) in [7, 11) is 0. The van der Waals surface area contributed by atoms with E-state index in [0.29, 0.717) is 0 Å². The summed E-state index contributed by atoms with van der Waals surface area (Å²) in [6, 6.07) is 0. The lowest BCUT2D eigenvalue weighted by atomic mass is 11.3. The Kier molecular flexibility index (Phi) is 8.28. The SMILES string of the molecule is NC(N)=S.NC(N)=S.[H+]. The maximum Gasteiger partial charge on any atom is 1.00 e. The fraction of sp³-hybridized carbons (Fsp3) is 0. The Balaban J connectivity index is -0.0000000720. The van der Waals surface area contributed by atoms with Crippen LogP contribution in [0.2, 0.25) is 0 Å². The zero-order valence-electron chi connectivity index (χ0n) is 5.13. The standard InChI is InChI=1S/2CH4N2S/c2*2-1(3)4/h2*(H4,2,3,4)/p+1. The molecule has 0 aliphatic rings. The molecule has 0 rings (SSSR count). The molecule has 0 aromatic carbocycles. The molecule has 0 aliphatic carbocycles. The highest BCUT2D eigenvalue weighted by Crippen LogP contribution is 1.32. The van der Waals surface area contributed by atoms with Gasteiger partial charge in [-0.05, 0) is 24.4 Å². The molecular weight excluding hydrogens is 144 g/mol. The predicted molar refractivity (Wildman–Crippen MR) is 43.1 cm³/mol. The Morgan fingerprint density at radius 1 is 0.875 bits per heavy atom. The Morgan fingerprint density at radius 3 is 0.875 bits per heavy atom. The Morgan fingerprint density at radius 2 is 0.875 bits per heavy atom. The van der Waals surface area contributed by atoms with E-state index < -0.39 is 0 Å². The average molecular weight is 153 g/mol. The Bertz CT molecular complexity index is 74.6. The van der Waals surface area contributed by atoms with Gasteiger partial charge in [-0.25, -0.2) is 0 Å². The van der Waals surface area contributed by atoms with E-state index in [1.807, 2.05) is 0 Å². The van der Waals surface area contributed by atoms with Crippen molar-refractivity contribution in [3.8, 4) is 0 Å². The molecule has 0 aromatic heterocycles. The second-order valence-electron chi connectivity index (χ2n) is 0.805. The molecule has 0 fully saturated rings. The van der Waals surface area contributed by atoms with Crippen LogP contribution in [0, 0.1) is 0 Å². The van der Waals surface area contributed by atoms with E-state index in [-0.39, 0.29) is 11.7 Å². The summed E-state index contributed by atoms with van der Waals surface area (Å²) in [5.74, 6) is 0. The summed E-state index contributed by atoms with van der Waals surface area (Å²) in [6.45, 7) is 0. The number of hydrogen-bond donors (Lipinski definition) is 4. The van der Waals surface area contributed by atoms with Gasteiger partial charge in [0.2, 0.25) is 0 Å². The van der Waals surface area contributed by atoms with Crippen LogP contribution in [0.1, 0.15) is 1.43 Å². The molecule has 0 spiro atoms. The molecular formula is C2H9N4S2+. The quantitative estimate of drug-likeness (QED) is 0.315. The highest BCUT2D eigenvalue weighted by atomic mass is 32.1. The minimum Gasteiger partial charge on any atom is -0.377 e. The van der Waals surface area contributed by atoms with Crippen LogP contribution in [0.25, 0.3) is 0 Å². The molecule has 0 heterocycles. The van der Waals surface area contributed by atoms with Crippen molar-refractivity contribution < 1.29 is 1.43 Å². The Hall–Kier alpha value is -0.620. The monoisotopic (exact) mass is 153 g/mol. The third-order valence-electron chi connectivity index (χ3n) is 0. The molecule has 0 bridgehead atoms. The first kappa shape index (κ1) is 10.4. The third-order valence-corrected chi connectivity index (χ3v) is 0. The zero-order valence-corrected chi connectivity index (χ0v) is 5.76. The van der Waals surface area contributed by atoms with E-state index in [2.05, 4.69) is 47.4 Å². The number of thiocarbonyl (C=S) groups is 2. The van der Waals surface area contributed by atoms with Gasteiger partial charge in [0.05, 0.1) is 0 Å². The van der Waals surface area contributed by atoms with Gasteiger partial charge >= 0.3 is 1.43 Å². The van der Waals surface area contributed by atoms with Gasteiger partial charge in [0.15, 0.2) is 10.2 Å². The topological polar surface area (TPSA) is 104 Å². The van der Waals surface area contributed by atoms with Crippen LogP contribution in [0.5, 0.6) is 0 Å². The summed E-state index contributed by atoms with van der Waals surface area (Å²) in [5.41, 5.74) is 18.5. The van der Waals surface area contributed by atoms with Crippen LogP contribution in [0.3, 0.4) is 0 Å². The smallest absolute Gasteiger partial charge is 0.377 e. The molecule has 0 unspecified atom stereocenters. The van der Waals surface area contributed by atoms with E-state index in [1.54, 1.807) is 0 Å². The lowest BCUT2D eigenvalue weighted by molar-refractivity contribution is 1.65. The first-order valence-corrected chi connectivity index (χ1v) is 2.38. The maximum absolute atomic E-state index is 4.62. The summed E-state index contributed by atoms with van der Waals surface area (Å²) in [5, 5.41) is 0.000000000000000444. The molecule has 4 nitrogen and oxygen atoms in total. The molecule has 0 saturated heterocycles. The average Bonchev–Trinajstić information content (AvgIpc) is 1.25. The van der Waals surface area contributed by atoms with Crippen molar-refractivity contribution in [2.75, 3.05) is 0 Å². The van der Waals surface area contributed by atoms with E-state index >= 15 is 0 Å². The van der Waals surface area contributed by atoms with Crippen molar-refractivity contribution in [1.29, 1.82) is 0 Å². The summed E-state index contributed by atoms with van der Waals surface area (Å²) in [6.07, 6.45) is 0. The molecule has 0 amide bonds. The minimum absolute atomic E-state index is 0. The summed E-state index contributed by atoms with van der Waals surface area (Å²) in [4.78, 5) is 0. The van der Waals surface area contributed by atoms with Gasteiger partial charge in [-0.3, -0.25) is 0 Å². The van der Waals surface area contributed by atoms with Crippen LogP contribution in [0.15, 0.2) is 0 Å². The van der Waals surface area contributed by atoms with Gasteiger partial charge in [0, 0.05) is 0 Å². The highest BCUT2D eigenvalue weighted by Gasteiger charge is 1.53. The van der Waals surface area contributed by atoms with Crippen molar-refractivity contribution in [3.05, 3.63) is 0 Å². The van der Waals surface area contributed by atoms with Gasteiger partial charge in [0.1, 0.15) is 0 Å². The van der Waals surface area contributed by atoms with Crippen molar-refractivity contribution in [1.82, 2.24) is 0 Å². The zero-order chi connectivity index (χ0) is 7.15. The largest absolute Gasteiger partial charge is 1.00 e. The van der Waals surface area contributed by atoms with Gasteiger partial charge in [-0.2, -0.15) is 0 Å². The van der Waals surface area contributed by atoms with Crippen molar-refractivity contribution in [2.45, 2.75) is 0 Å². The highest BCUT2D eigenvalue weighted by molar-refractivity contribution is 7.80. The normalized spacial score (nSPS) is 6.00. The van der Waals surface area contributed by atoms with Gasteiger partial charge in [-0.15, -0.1) is 0 Å².